The van der Waals surface area contributed by atoms with Crippen molar-refractivity contribution in [3.05, 3.63) is 129 Å². The second-order valence-corrected chi connectivity index (χ2v) is 10.1. The molecule has 2 N–H and O–H groups in total. The van der Waals surface area contributed by atoms with Gasteiger partial charge in [-0.2, -0.15) is 10.2 Å². The Balaban J connectivity index is 1.16. The second kappa shape index (κ2) is 16.5. The molecule has 4 aromatic carbocycles. The topological polar surface area (TPSA) is 136 Å². The minimum atomic E-state index is -0.597. The Hall–Kier alpha value is -5.32. The number of nitrogens with one attached hydrogen (secondary N) is 2. The number of hydrogen-bond donors (Lipinski definition) is 2. The maximum atomic E-state index is 12.4. The summed E-state index contributed by atoms with van der Waals surface area (Å²) in [6, 6.07) is 26.3. The van der Waals surface area contributed by atoms with Gasteiger partial charge in [-0.15, -0.1) is 0 Å². The third-order valence-corrected chi connectivity index (χ3v) is 6.60. The number of halogens is 2. The number of rotatable bonds is 12. The van der Waals surface area contributed by atoms with Gasteiger partial charge in [0.05, 0.1) is 33.6 Å². The van der Waals surface area contributed by atoms with Gasteiger partial charge in [0.25, 0.3) is 0 Å². The molecule has 4 rings (SSSR count). The molecule has 0 atom stereocenters. The van der Waals surface area contributed by atoms with Crippen molar-refractivity contribution in [2.24, 2.45) is 10.2 Å². The van der Waals surface area contributed by atoms with E-state index in [1.807, 2.05) is 0 Å². The summed E-state index contributed by atoms with van der Waals surface area (Å²) in [7, 11) is 0. The molecular formula is C33H26Cl2N4O6. The molecule has 228 valence electrons. The largest absolute Gasteiger partial charge is 0.423 e. The number of hydrogen-bond acceptors (Lipinski definition) is 8. The third-order valence-electron chi connectivity index (χ3n) is 5.94. The van der Waals surface area contributed by atoms with Gasteiger partial charge in [-0.1, -0.05) is 71.7 Å². The van der Waals surface area contributed by atoms with Gasteiger partial charge < -0.3 is 9.47 Å². The van der Waals surface area contributed by atoms with Crippen LogP contribution in [0.3, 0.4) is 0 Å². The van der Waals surface area contributed by atoms with Gasteiger partial charge >= 0.3 is 11.9 Å². The quantitative estimate of drug-likeness (QED) is 0.0815. The summed E-state index contributed by atoms with van der Waals surface area (Å²) in [6.45, 7) is 0. The van der Waals surface area contributed by atoms with E-state index in [1.54, 1.807) is 97.1 Å². The zero-order chi connectivity index (χ0) is 32.0. The van der Waals surface area contributed by atoms with Crippen molar-refractivity contribution in [1.29, 1.82) is 0 Å². The summed E-state index contributed by atoms with van der Waals surface area (Å²) in [5.74, 6) is -1.39. The minimum Gasteiger partial charge on any atom is -0.423 e. The van der Waals surface area contributed by atoms with Crippen molar-refractivity contribution in [2.45, 2.75) is 19.3 Å². The molecule has 0 aliphatic heterocycles. The van der Waals surface area contributed by atoms with Crippen LogP contribution in [-0.4, -0.2) is 36.2 Å². The summed E-state index contributed by atoms with van der Waals surface area (Å²) >= 11 is 12.1. The van der Waals surface area contributed by atoms with Gasteiger partial charge in [0, 0.05) is 12.8 Å². The summed E-state index contributed by atoms with van der Waals surface area (Å²) in [6.07, 6.45) is 3.19. The van der Waals surface area contributed by atoms with E-state index in [9.17, 15) is 19.2 Å². The van der Waals surface area contributed by atoms with Gasteiger partial charge in [0.15, 0.2) is 0 Å². The Morgan fingerprint density at radius 3 is 1.44 bits per heavy atom. The fourth-order valence-electron chi connectivity index (χ4n) is 3.77. The molecule has 0 aliphatic carbocycles. The normalized spacial score (nSPS) is 10.9. The molecule has 0 saturated heterocycles. The Bertz CT molecular complexity index is 1630. The van der Waals surface area contributed by atoms with Crippen LogP contribution >= 0.6 is 23.2 Å². The number of esters is 2. The predicted octanol–water partition coefficient (Wildman–Crippen LogP) is 6.20. The molecule has 0 spiro atoms. The number of ether oxygens (including phenoxy) is 2. The highest BCUT2D eigenvalue weighted by atomic mass is 35.5. The van der Waals surface area contributed by atoms with E-state index < -0.39 is 11.9 Å². The van der Waals surface area contributed by atoms with Crippen LogP contribution in [-0.2, 0) is 9.59 Å². The van der Waals surface area contributed by atoms with Crippen molar-refractivity contribution in [3.63, 3.8) is 0 Å². The molecule has 0 bridgehead atoms. The molecule has 4 aromatic rings. The maximum absolute atomic E-state index is 12.4. The zero-order valence-electron chi connectivity index (χ0n) is 23.6. The first-order valence-electron chi connectivity index (χ1n) is 13.6. The number of amides is 2. The van der Waals surface area contributed by atoms with E-state index in [1.165, 1.54) is 12.4 Å². The molecule has 0 aliphatic rings. The Morgan fingerprint density at radius 1 is 0.600 bits per heavy atom. The Kier molecular flexibility index (Phi) is 12.0. The van der Waals surface area contributed by atoms with Crippen LogP contribution < -0.4 is 20.3 Å². The summed E-state index contributed by atoms with van der Waals surface area (Å²) in [5.41, 5.74) is 6.44. The monoisotopic (exact) mass is 644 g/mol. The molecule has 0 radical (unpaired) electrons. The molecule has 12 heteroatoms. The first-order valence-corrected chi connectivity index (χ1v) is 14.3. The van der Waals surface area contributed by atoms with Crippen LogP contribution in [0.25, 0.3) is 0 Å². The molecule has 0 aromatic heterocycles. The number of benzene rings is 4. The lowest BCUT2D eigenvalue weighted by Crippen LogP contribution is -2.20. The van der Waals surface area contributed by atoms with Crippen molar-refractivity contribution < 1.29 is 28.7 Å². The van der Waals surface area contributed by atoms with Crippen molar-refractivity contribution >= 4 is 59.4 Å². The SMILES string of the molecule is O=C(CCCC(=O)NN=Cc1cccc(OC(=O)c2ccccc2Cl)c1)NN=Cc1cccc(OC(=O)c2ccccc2Cl)c1. The van der Waals surface area contributed by atoms with Crippen molar-refractivity contribution in [2.75, 3.05) is 0 Å². The van der Waals surface area contributed by atoms with Crippen molar-refractivity contribution in [3.8, 4) is 11.5 Å². The lowest BCUT2D eigenvalue weighted by molar-refractivity contribution is -0.122. The van der Waals surface area contributed by atoms with Crippen LogP contribution in [0.1, 0.15) is 51.1 Å². The zero-order valence-corrected chi connectivity index (χ0v) is 25.1. The Labute approximate surface area is 268 Å². The summed E-state index contributed by atoms with van der Waals surface area (Å²) in [5, 5.41) is 8.39. The fraction of sp³-hybridized carbons (Fsp3) is 0.0909. The van der Waals surface area contributed by atoms with E-state index >= 15 is 0 Å². The van der Waals surface area contributed by atoms with Gasteiger partial charge in [-0.05, 0) is 66.1 Å². The van der Waals surface area contributed by atoms with Crippen LogP contribution in [0.15, 0.2) is 107 Å². The van der Waals surface area contributed by atoms with Gasteiger partial charge in [-0.3, -0.25) is 9.59 Å². The minimum absolute atomic E-state index is 0.0583. The standard InChI is InChI=1S/C33H26Cl2N4O6/c34-28-14-3-1-12-26(28)32(42)44-24-10-5-8-22(18-24)20-36-38-30(40)16-7-17-31(41)39-37-21-23-9-6-11-25(19-23)45-33(43)27-13-2-4-15-29(27)35/h1-6,8-15,18-21H,7,16-17H2,(H,38,40)(H,39,41). The maximum Gasteiger partial charge on any atom is 0.345 e. The molecular weight excluding hydrogens is 619 g/mol. The third kappa shape index (κ3) is 10.4. The first-order chi connectivity index (χ1) is 21.8. The molecule has 0 fully saturated rings. The van der Waals surface area contributed by atoms with E-state index in [2.05, 4.69) is 21.1 Å². The lowest BCUT2D eigenvalue weighted by Gasteiger charge is -2.06. The summed E-state index contributed by atoms with van der Waals surface area (Å²) in [4.78, 5) is 49.0. The molecule has 0 heterocycles. The molecule has 10 nitrogen and oxygen atoms in total. The highest BCUT2D eigenvalue weighted by Gasteiger charge is 2.13. The van der Waals surface area contributed by atoms with Crippen LogP contribution in [0.5, 0.6) is 11.5 Å². The van der Waals surface area contributed by atoms with E-state index in [0.29, 0.717) is 11.1 Å². The van der Waals surface area contributed by atoms with E-state index in [0.717, 1.165) is 0 Å². The van der Waals surface area contributed by atoms with E-state index in [-0.39, 0.29) is 63.7 Å². The lowest BCUT2D eigenvalue weighted by atomic mass is 10.2. The highest BCUT2D eigenvalue weighted by Crippen LogP contribution is 2.20. The number of carbonyl (C=O) groups excluding carboxylic acids is 4. The summed E-state index contributed by atoms with van der Waals surface area (Å²) < 4.78 is 10.7. The second-order valence-electron chi connectivity index (χ2n) is 9.32. The van der Waals surface area contributed by atoms with Crippen molar-refractivity contribution in [1.82, 2.24) is 10.9 Å². The van der Waals surface area contributed by atoms with Crippen LogP contribution in [0, 0.1) is 0 Å². The first kappa shape index (κ1) is 32.6. The van der Waals surface area contributed by atoms with Gasteiger partial charge in [0.1, 0.15) is 11.5 Å². The average Bonchev–Trinajstić information content (AvgIpc) is 3.02. The molecule has 45 heavy (non-hydrogen) atoms. The Morgan fingerprint density at radius 2 is 1.02 bits per heavy atom. The van der Waals surface area contributed by atoms with Gasteiger partial charge in [0.2, 0.25) is 11.8 Å². The molecule has 0 saturated carbocycles. The number of carbonyl (C=O) groups is 4. The number of nitrogens with zero attached hydrogens (tertiary/aromatic N) is 2. The average molecular weight is 645 g/mol. The molecule has 2 amide bonds. The smallest absolute Gasteiger partial charge is 0.345 e. The van der Waals surface area contributed by atoms with E-state index in [4.69, 9.17) is 32.7 Å². The predicted molar refractivity (Wildman–Crippen MR) is 171 cm³/mol. The van der Waals surface area contributed by atoms with Gasteiger partial charge in [-0.25, -0.2) is 20.4 Å². The fourth-order valence-corrected chi connectivity index (χ4v) is 4.20. The van der Waals surface area contributed by atoms with Crippen LogP contribution in [0.2, 0.25) is 10.0 Å². The molecule has 0 unspecified atom stereocenters. The van der Waals surface area contributed by atoms with Crippen LogP contribution in [0.4, 0.5) is 0 Å². The number of hydrazone groups is 2. The highest BCUT2D eigenvalue weighted by molar-refractivity contribution is 6.34.